The van der Waals surface area contributed by atoms with Crippen LogP contribution in [-0.4, -0.2) is 44.0 Å². The van der Waals surface area contributed by atoms with Gasteiger partial charge in [-0.25, -0.2) is 4.79 Å². The maximum atomic E-state index is 12.0. The lowest BCUT2D eigenvalue weighted by molar-refractivity contribution is -0.0380. The number of aliphatic hydroxyl groups excluding tert-OH is 2. The number of hydrogen-bond acceptors (Lipinski definition) is 6. The average molecular weight is 314 g/mol. The molecule has 0 bridgehead atoms. The third kappa shape index (κ3) is 2.63. The maximum Gasteiger partial charge on any atom is 0.351 e. The summed E-state index contributed by atoms with van der Waals surface area (Å²) in [5, 5.41) is 18.9. The van der Waals surface area contributed by atoms with E-state index in [9.17, 15) is 15.0 Å². The lowest BCUT2D eigenvalue weighted by Crippen LogP contribution is -2.41. The van der Waals surface area contributed by atoms with Gasteiger partial charge in [0, 0.05) is 12.1 Å². The van der Waals surface area contributed by atoms with Crippen molar-refractivity contribution in [3.8, 4) is 11.8 Å². The molecular weight excluding hydrogens is 298 g/mol. The zero-order chi connectivity index (χ0) is 15.6. The van der Waals surface area contributed by atoms with Crippen molar-refractivity contribution in [3.05, 3.63) is 22.7 Å². The zero-order valence-corrected chi connectivity index (χ0v) is 12.1. The van der Waals surface area contributed by atoms with Crippen LogP contribution in [-0.2, 0) is 4.74 Å². The highest BCUT2D eigenvalue weighted by atomic mass is 35.5. The number of anilines is 1. The van der Waals surface area contributed by atoms with Crippen molar-refractivity contribution in [1.82, 2.24) is 9.55 Å². The number of halogens is 1. The van der Waals surface area contributed by atoms with Gasteiger partial charge < -0.3 is 20.7 Å². The predicted molar refractivity (Wildman–Crippen MR) is 76.5 cm³/mol. The van der Waals surface area contributed by atoms with Crippen LogP contribution in [0.2, 0.25) is 0 Å². The Balaban J connectivity index is 2.54. The highest BCUT2D eigenvalue weighted by molar-refractivity contribution is 6.26. The van der Waals surface area contributed by atoms with E-state index >= 15 is 0 Å². The molecule has 0 radical (unpaired) electrons. The van der Waals surface area contributed by atoms with Gasteiger partial charge in [-0.05, 0) is 13.0 Å². The lowest BCUT2D eigenvalue weighted by Gasteiger charge is -2.27. The van der Waals surface area contributed by atoms with Crippen molar-refractivity contribution in [2.75, 3.05) is 18.9 Å². The van der Waals surface area contributed by atoms with Crippen molar-refractivity contribution in [2.24, 2.45) is 5.92 Å². The molecule has 0 aliphatic carbocycles. The predicted octanol–water partition coefficient (Wildman–Crippen LogP) is -0.675. The molecule has 2 unspecified atom stereocenters. The monoisotopic (exact) mass is 313 g/mol. The minimum atomic E-state index is -1.35. The number of rotatable bonds is 3. The van der Waals surface area contributed by atoms with Crippen LogP contribution in [0, 0.1) is 17.8 Å². The molecular formula is C13H16ClN3O4. The highest BCUT2D eigenvalue weighted by Gasteiger charge is 2.55. The minimum absolute atomic E-state index is 0.0772. The molecule has 7 nitrogen and oxygen atoms in total. The largest absolute Gasteiger partial charge is 0.396 e. The fourth-order valence-corrected chi connectivity index (χ4v) is 2.91. The van der Waals surface area contributed by atoms with E-state index in [4.69, 9.17) is 22.1 Å². The van der Waals surface area contributed by atoms with Crippen LogP contribution in [0.1, 0.15) is 13.2 Å². The second kappa shape index (κ2) is 6.03. The Labute approximate surface area is 126 Å². The van der Waals surface area contributed by atoms with E-state index in [1.807, 2.05) is 0 Å². The Hall–Kier alpha value is -1.59. The Morgan fingerprint density at radius 1 is 1.57 bits per heavy atom. The molecule has 1 aromatic rings. The third-order valence-electron chi connectivity index (χ3n) is 3.45. The highest BCUT2D eigenvalue weighted by Crippen LogP contribution is 2.46. The molecule has 1 saturated heterocycles. The van der Waals surface area contributed by atoms with Gasteiger partial charge in [-0.2, -0.15) is 4.98 Å². The maximum absolute atomic E-state index is 12.0. The Morgan fingerprint density at radius 3 is 2.81 bits per heavy atom. The van der Waals surface area contributed by atoms with E-state index in [0.29, 0.717) is 0 Å². The van der Waals surface area contributed by atoms with Gasteiger partial charge in [0.05, 0.1) is 19.3 Å². The average Bonchev–Trinajstić information content (AvgIpc) is 2.71. The van der Waals surface area contributed by atoms with Gasteiger partial charge in [0.2, 0.25) is 0 Å². The molecule has 0 saturated carbocycles. The normalized spacial score (nSPS) is 31.7. The van der Waals surface area contributed by atoms with Crippen LogP contribution in [0.4, 0.5) is 5.82 Å². The summed E-state index contributed by atoms with van der Waals surface area (Å²) in [5.41, 5.74) is 4.81. The topological polar surface area (TPSA) is 111 Å². The van der Waals surface area contributed by atoms with Crippen LogP contribution >= 0.6 is 11.6 Å². The van der Waals surface area contributed by atoms with E-state index in [1.54, 1.807) is 6.92 Å². The first-order valence-electron chi connectivity index (χ1n) is 6.32. The fourth-order valence-electron chi connectivity index (χ4n) is 2.45. The molecule has 0 spiro atoms. The van der Waals surface area contributed by atoms with Gasteiger partial charge in [-0.15, -0.1) is 5.92 Å². The molecule has 1 aliphatic heterocycles. The number of alkyl halides is 1. The van der Waals surface area contributed by atoms with Gasteiger partial charge in [-0.1, -0.05) is 17.5 Å². The van der Waals surface area contributed by atoms with E-state index in [-0.39, 0.29) is 19.0 Å². The Bertz CT molecular complexity index is 638. The van der Waals surface area contributed by atoms with Gasteiger partial charge in [-0.3, -0.25) is 4.57 Å². The molecule has 0 amide bonds. The minimum Gasteiger partial charge on any atom is -0.396 e. The van der Waals surface area contributed by atoms with Crippen LogP contribution in [0.15, 0.2) is 17.1 Å². The third-order valence-corrected chi connectivity index (χ3v) is 4.01. The first-order chi connectivity index (χ1) is 9.97. The summed E-state index contributed by atoms with van der Waals surface area (Å²) < 4.78 is 6.79. The van der Waals surface area contributed by atoms with E-state index in [0.717, 1.165) is 4.57 Å². The first kappa shape index (κ1) is 15.8. The summed E-state index contributed by atoms with van der Waals surface area (Å²) in [6, 6.07) is 1.43. The molecule has 4 atom stereocenters. The number of nitrogens with two attached hydrogens (primary N) is 1. The van der Waals surface area contributed by atoms with Crippen molar-refractivity contribution in [2.45, 2.75) is 24.1 Å². The molecule has 1 fully saturated rings. The number of aromatic nitrogens is 2. The second-order valence-corrected chi connectivity index (χ2v) is 5.31. The number of nitrogen functional groups attached to an aromatic ring is 1. The number of aliphatic hydroxyl groups is 2. The van der Waals surface area contributed by atoms with E-state index in [1.165, 1.54) is 12.3 Å². The van der Waals surface area contributed by atoms with E-state index in [2.05, 4.69) is 16.8 Å². The molecule has 0 aromatic carbocycles. The van der Waals surface area contributed by atoms with Gasteiger partial charge in [0.15, 0.2) is 11.1 Å². The van der Waals surface area contributed by atoms with Gasteiger partial charge in [0.25, 0.3) is 0 Å². The molecule has 2 heterocycles. The smallest absolute Gasteiger partial charge is 0.351 e. The first-order valence-corrected chi connectivity index (χ1v) is 6.70. The summed E-state index contributed by atoms with van der Waals surface area (Å²) in [5.74, 6) is 4.88. The zero-order valence-electron chi connectivity index (χ0n) is 11.4. The van der Waals surface area contributed by atoms with E-state index < -0.39 is 28.8 Å². The Kier molecular flexibility index (Phi) is 4.54. The number of hydrogen-bond donors (Lipinski definition) is 3. The number of ether oxygens (including phenoxy) is 1. The quantitative estimate of drug-likeness (QED) is 0.504. The van der Waals surface area contributed by atoms with Crippen LogP contribution in [0.3, 0.4) is 0 Å². The molecule has 2 rings (SSSR count). The SMILES string of the molecule is CC#CC1(Cl)C(CO)[C@@H](CO)O[C@H]1n1ccc(N)nc1=O. The molecule has 8 heteroatoms. The lowest BCUT2D eigenvalue weighted by atomic mass is 9.89. The molecule has 4 N–H and O–H groups in total. The van der Waals surface area contributed by atoms with Crippen molar-refractivity contribution in [1.29, 1.82) is 0 Å². The van der Waals surface area contributed by atoms with Crippen molar-refractivity contribution < 1.29 is 14.9 Å². The number of nitrogens with zero attached hydrogens (tertiary/aromatic N) is 2. The summed E-state index contributed by atoms with van der Waals surface area (Å²) in [7, 11) is 0. The van der Waals surface area contributed by atoms with Crippen LogP contribution in [0.25, 0.3) is 0 Å². The van der Waals surface area contributed by atoms with Crippen molar-refractivity contribution in [3.63, 3.8) is 0 Å². The molecule has 1 aromatic heterocycles. The summed E-state index contributed by atoms with van der Waals surface area (Å²) in [4.78, 5) is 14.2. The Morgan fingerprint density at radius 2 is 2.29 bits per heavy atom. The van der Waals surface area contributed by atoms with Crippen LogP contribution < -0.4 is 11.4 Å². The second-order valence-electron chi connectivity index (χ2n) is 4.68. The van der Waals surface area contributed by atoms with Gasteiger partial charge in [0.1, 0.15) is 5.82 Å². The summed E-state index contributed by atoms with van der Waals surface area (Å²) >= 11 is 6.53. The standard InChI is InChI=1S/C13H16ClN3O4/c1-2-4-13(14)8(6-18)9(7-19)21-11(13)17-5-3-10(15)16-12(17)20/h3,5,8-9,11,18-19H,6-7H2,1H3,(H2,15,16,20)/t8?,9-,11-,13?/m1/s1. The van der Waals surface area contributed by atoms with Gasteiger partial charge >= 0.3 is 5.69 Å². The summed E-state index contributed by atoms with van der Waals surface area (Å²) in [6.07, 6.45) is -0.317. The molecule has 1 aliphatic rings. The summed E-state index contributed by atoms with van der Waals surface area (Å²) in [6.45, 7) is 0.904. The van der Waals surface area contributed by atoms with Crippen LogP contribution in [0.5, 0.6) is 0 Å². The molecule has 21 heavy (non-hydrogen) atoms. The van der Waals surface area contributed by atoms with Crippen molar-refractivity contribution >= 4 is 17.4 Å². The fraction of sp³-hybridized carbons (Fsp3) is 0.538. The molecule has 114 valence electrons.